The molecular weight excluding hydrogens is 216 g/mol. The molecule has 0 spiro atoms. The summed E-state index contributed by atoms with van der Waals surface area (Å²) in [6.45, 7) is 4.08. The highest BCUT2D eigenvalue weighted by Gasteiger charge is 2.37. The summed E-state index contributed by atoms with van der Waals surface area (Å²) in [6.07, 6.45) is 5.31. The van der Waals surface area contributed by atoms with E-state index in [0.717, 1.165) is 19.3 Å². The van der Waals surface area contributed by atoms with Crippen LogP contribution in [0.5, 0.6) is 0 Å². The molecule has 2 aliphatic rings. The highest BCUT2D eigenvalue weighted by atomic mass is 16.5. The Morgan fingerprint density at radius 3 is 2.94 bits per heavy atom. The molecule has 1 aliphatic carbocycles. The lowest BCUT2D eigenvalue weighted by Gasteiger charge is -2.40. The predicted octanol–water partition coefficient (Wildman–Crippen LogP) is 1.05. The van der Waals surface area contributed by atoms with Crippen molar-refractivity contribution in [1.82, 2.24) is 5.32 Å². The topological polar surface area (TPSA) is 64.3 Å². The third-order valence-electron chi connectivity index (χ3n) is 4.17. The molecule has 1 saturated carbocycles. The Kier molecular flexibility index (Phi) is 4.05. The standard InChI is InChI=1S/C13H24N2O2/c1-10-3-2-5-13(7-10,9-14)15-12(16)11-4-6-17-8-11/h10-11H,2-9,14H2,1H3,(H,15,16). The van der Waals surface area contributed by atoms with Gasteiger partial charge in [-0.2, -0.15) is 0 Å². The minimum absolute atomic E-state index is 0.0376. The summed E-state index contributed by atoms with van der Waals surface area (Å²) < 4.78 is 5.26. The van der Waals surface area contributed by atoms with Gasteiger partial charge in [-0.25, -0.2) is 0 Å². The van der Waals surface area contributed by atoms with Crippen LogP contribution in [0.15, 0.2) is 0 Å². The van der Waals surface area contributed by atoms with E-state index in [0.29, 0.717) is 25.7 Å². The molecule has 4 heteroatoms. The van der Waals surface area contributed by atoms with Crippen molar-refractivity contribution < 1.29 is 9.53 Å². The molecule has 1 amide bonds. The fraction of sp³-hybridized carbons (Fsp3) is 0.923. The molecule has 0 bridgehead atoms. The molecule has 1 aliphatic heterocycles. The minimum atomic E-state index is -0.155. The fourth-order valence-electron chi connectivity index (χ4n) is 3.11. The second kappa shape index (κ2) is 5.36. The maximum absolute atomic E-state index is 12.1. The van der Waals surface area contributed by atoms with Crippen molar-refractivity contribution >= 4 is 5.91 Å². The van der Waals surface area contributed by atoms with Crippen molar-refractivity contribution in [1.29, 1.82) is 0 Å². The molecule has 3 atom stereocenters. The lowest BCUT2D eigenvalue weighted by molar-refractivity contribution is -0.127. The van der Waals surface area contributed by atoms with Gasteiger partial charge in [0.2, 0.25) is 5.91 Å². The Labute approximate surface area is 103 Å². The van der Waals surface area contributed by atoms with Gasteiger partial charge in [-0.05, 0) is 25.2 Å². The van der Waals surface area contributed by atoms with Gasteiger partial charge in [-0.3, -0.25) is 4.79 Å². The van der Waals surface area contributed by atoms with Crippen LogP contribution in [0.2, 0.25) is 0 Å². The van der Waals surface area contributed by atoms with Crippen LogP contribution < -0.4 is 11.1 Å². The lowest BCUT2D eigenvalue weighted by atomic mass is 9.76. The van der Waals surface area contributed by atoms with Gasteiger partial charge >= 0.3 is 0 Å². The predicted molar refractivity (Wildman–Crippen MR) is 66.5 cm³/mol. The van der Waals surface area contributed by atoms with Crippen molar-refractivity contribution in [2.24, 2.45) is 17.6 Å². The van der Waals surface area contributed by atoms with Gasteiger partial charge in [0, 0.05) is 13.2 Å². The second-order valence-corrected chi connectivity index (χ2v) is 5.74. The molecule has 98 valence electrons. The number of nitrogens with two attached hydrogens (primary N) is 1. The Balaban J connectivity index is 1.95. The van der Waals surface area contributed by atoms with E-state index >= 15 is 0 Å². The quantitative estimate of drug-likeness (QED) is 0.775. The van der Waals surface area contributed by atoms with Crippen LogP contribution in [0.4, 0.5) is 0 Å². The Bertz CT molecular complexity index is 277. The first kappa shape index (κ1) is 12.8. The Morgan fingerprint density at radius 2 is 2.35 bits per heavy atom. The van der Waals surface area contributed by atoms with Crippen molar-refractivity contribution in [2.45, 2.75) is 44.6 Å². The van der Waals surface area contributed by atoms with Gasteiger partial charge in [-0.1, -0.05) is 19.8 Å². The molecule has 0 aromatic carbocycles. The first-order valence-corrected chi connectivity index (χ1v) is 6.75. The molecule has 0 aromatic rings. The average Bonchev–Trinajstić information content (AvgIpc) is 2.82. The molecule has 3 N–H and O–H groups in total. The second-order valence-electron chi connectivity index (χ2n) is 5.74. The summed E-state index contributed by atoms with van der Waals surface area (Å²) >= 11 is 0. The monoisotopic (exact) mass is 240 g/mol. The number of hydrogen-bond donors (Lipinski definition) is 2. The summed E-state index contributed by atoms with van der Waals surface area (Å²) in [5, 5.41) is 3.21. The summed E-state index contributed by atoms with van der Waals surface area (Å²) in [4.78, 5) is 12.1. The molecule has 2 rings (SSSR count). The lowest BCUT2D eigenvalue weighted by Crippen LogP contribution is -2.57. The van der Waals surface area contributed by atoms with Crippen molar-refractivity contribution in [2.75, 3.05) is 19.8 Å². The molecule has 1 saturated heterocycles. The van der Waals surface area contributed by atoms with Crippen molar-refractivity contribution in [3.63, 3.8) is 0 Å². The highest BCUT2D eigenvalue weighted by Crippen LogP contribution is 2.32. The summed E-state index contributed by atoms with van der Waals surface area (Å²) in [7, 11) is 0. The van der Waals surface area contributed by atoms with Gasteiger partial charge in [0.1, 0.15) is 0 Å². The van der Waals surface area contributed by atoms with E-state index in [2.05, 4.69) is 12.2 Å². The van der Waals surface area contributed by atoms with E-state index < -0.39 is 0 Å². The fourth-order valence-corrected chi connectivity index (χ4v) is 3.11. The van der Waals surface area contributed by atoms with E-state index in [-0.39, 0.29) is 17.4 Å². The zero-order chi connectivity index (χ0) is 12.3. The zero-order valence-electron chi connectivity index (χ0n) is 10.7. The van der Waals surface area contributed by atoms with Crippen LogP contribution in [-0.4, -0.2) is 31.2 Å². The minimum Gasteiger partial charge on any atom is -0.381 e. The van der Waals surface area contributed by atoms with Crippen LogP contribution in [0.1, 0.15) is 39.0 Å². The van der Waals surface area contributed by atoms with Gasteiger partial charge < -0.3 is 15.8 Å². The maximum Gasteiger partial charge on any atom is 0.226 e. The number of nitrogens with one attached hydrogen (secondary N) is 1. The van der Waals surface area contributed by atoms with Crippen molar-refractivity contribution in [3.8, 4) is 0 Å². The summed E-state index contributed by atoms with van der Waals surface area (Å²) in [5.74, 6) is 0.838. The number of rotatable bonds is 3. The first-order chi connectivity index (χ1) is 8.15. The van der Waals surface area contributed by atoms with Gasteiger partial charge in [-0.15, -0.1) is 0 Å². The normalized spacial score (nSPS) is 38.0. The SMILES string of the molecule is CC1CCCC(CN)(NC(=O)C2CCOC2)C1. The number of carbonyl (C=O) groups is 1. The molecule has 3 unspecified atom stereocenters. The smallest absolute Gasteiger partial charge is 0.226 e. The number of carbonyl (C=O) groups excluding carboxylic acids is 1. The zero-order valence-corrected chi connectivity index (χ0v) is 10.7. The molecule has 2 fully saturated rings. The first-order valence-electron chi connectivity index (χ1n) is 6.75. The average molecular weight is 240 g/mol. The van der Waals surface area contributed by atoms with E-state index in [9.17, 15) is 4.79 Å². The Hall–Kier alpha value is -0.610. The van der Waals surface area contributed by atoms with Crippen LogP contribution in [0, 0.1) is 11.8 Å². The van der Waals surface area contributed by atoms with Crippen LogP contribution >= 0.6 is 0 Å². The molecule has 17 heavy (non-hydrogen) atoms. The number of ether oxygens (including phenoxy) is 1. The Morgan fingerprint density at radius 1 is 1.53 bits per heavy atom. The molecule has 0 radical (unpaired) electrons. The summed E-state index contributed by atoms with van der Waals surface area (Å²) in [5.41, 5.74) is 5.75. The van der Waals surface area contributed by atoms with E-state index in [1.165, 1.54) is 12.8 Å². The number of hydrogen-bond acceptors (Lipinski definition) is 3. The third kappa shape index (κ3) is 2.99. The molecule has 0 aromatic heterocycles. The van der Waals surface area contributed by atoms with Crippen molar-refractivity contribution in [3.05, 3.63) is 0 Å². The molecule has 1 heterocycles. The van der Waals surface area contributed by atoms with Crippen LogP contribution in [0.3, 0.4) is 0 Å². The van der Waals surface area contributed by atoms with Crippen LogP contribution in [-0.2, 0) is 9.53 Å². The van der Waals surface area contributed by atoms with Crippen LogP contribution in [0.25, 0.3) is 0 Å². The van der Waals surface area contributed by atoms with Gasteiger partial charge in [0.15, 0.2) is 0 Å². The highest BCUT2D eigenvalue weighted by molar-refractivity contribution is 5.79. The maximum atomic E-state index is 12.1. The number of amides is 1. The van der Waals surface area contributed by atoms with E-state index in [4.69, 9.17) is 10.5 Å². The van der Waals surface area contributed by atoms with E-state index in [1.807, 2.05) is 0 Å². The largest absolute Gasteiger partial charge is 0.381 e. The summed E-state index contributed by atoms with van der Waals surface area (Å²) in [6, 6.07) is 0. The van der Waals surface area contributed by atoms with Gasteiger partial charge in [0.05, 0.1) is 18.1 Å². The van der Waals surface area contributed by atoms with E-state index in [1.54, 1.807) is 0 Å². The molecule has 4 nitrogen and oxygen atoms in total. The third-order valence-corrected chi connectivity index (χ3v) is 4.17. The molecular formula is C13H24N2O2. The van der Waals surface area contributed by atoms with Gasteiger partial charge in [0.25, 0.3) is 0 Å².